The van der Waals surface area contributed by atoms with Crippen molar-refractivity contribution in [2.75, 3.05) is 39.6 Å². The first-order valence-corrected chi connectivity index (χ1v) is 17.1. The Labute approximate surface area is 299 Å². The maximum atomic E-state index is 12.3. The Balaban J connectivity index is 1.97. The van der Waals surface area contributed by atoms with Crippen LogP contribution in [0.3, 0.4) is 0 Å². The fourth-order valence-electron chi connectivity index (χ4n) is 3.75. The van der Waals surface area contributed by atoms with Gasteiger partial charge in [-0.05, 0) is 38.3 Å². The van der Waals surface area contributed by atoms with Gasteiger partial charge in [-0.15, -0.1) is 11.6 Å². The summed E-state index contributed by atoms with van der Waals surface area (Å²) < 4.78 is 33.2. The average Bonchev–Trinajstić information content (AvgIpc) is 3.51. The minimum Gasteiger partial charge on any atom is -0.492 e. The summed E-state index contributed by atoms with van der Waals surface area (Å²) in [5, 5.41) is 9.47. The molecule has 2 rings (SSSR count). The summed E-state index contributed by atoms with van der Waals surface area (Å²) in [5.41, 5.74) is 0.111. The van der Waals surface area contributed by atoms with E-state index in [9.17, 15) is 24.4 Å². The molecule has 0 aromatic heterocycles. The number of halogens is 1. The van der Waals surface area contributed by atoms with Crippen molar-refractivity contribution in [2.45, 2.75) is 68.0 Å². The van der Waals surface area contributed by atoms with E-state index in [2.05, 4.69) is 18.0 Å². The molecular formula is C34H39ClN2O10S2. The van der Waals surface area contributed by atoms with Crippen molar-refractivity contribution in [2.24, 2.45) is 5.41 Å². The van der Waals surface area contributed by atoms with Crippen LogP contribution in [0.2, 0.25) is 0 Å². The Morgan fingerprint density at radius 2 is 1.41 bits per heavy atom. The highest BCUT2D eigenvalue weighted by Gasteiger charge is 2.30. The van der Waals surface area contributed by atoms with E-state index in [1.54, 1.807) is 13.0 Å². The Bertz CT molecular complexity index is 1530. The smallest absolute Gasteiger partial charge is 0.330 e. The first-order chi connectivity index (χ1) is 23.1. The van der Waals surface area contributed by atoms with Crippen molar-refractivity contribution in [1.29, 1.82) is 5.26 Å². The maximum Gasteiger partial charge on any atom is 0.330 e. The number of fused-ring (bicyclic) bond motifs is 1. The van der Waals surface area contributed by atoms with E-state index < -0.39 is 34.2 Å². The zero-order chi connectivity index (χ0) is 36.6. The molecule has 15 heteroatoms. The minimum atomic E-state index is -1.09. The van der Waals surface area contributed by atoms with Crippen LogP contribution in [0.1, 0.15) is 52.0 Å². The summed E-state index contributed by atoms with van der Waals surface area (Å²) in [6.07, 6.45) is 2.92. The molecule has 264 valence electrons. The van der Waals surface area contributed by atoms with Gasteiger partial charge in [0.1, 0.15) is 29.6 Å². The summed E-state index contributed by atoms with van der Waals surface area (Å²) in [4.78, 5) is 50.8. The molecule has 12 nitrogen and oxygen atoms in total. The number of esters is 4. The molecule has 0 spiro atoms. The Morgan fingerprint density at radius 1 is 0.898 bits per heavy atom. The summed E-state index contributed by atoms with van der Waals surface area (Å²) in [6, 6.07) is 3.71. The number of ether oxygens (including phenoxy) is 6. The molecule has 0 bridgehead atoms. The maximum absolute atomic E-state index is 12.3. The van der Waals surface area contributed by atoms with E-state index in [1.807, 2.05) is 26.8 Å². The second-order valence-corrected chi connectivity index (χ2v) is 14.9. The number of carbonyl (C=O) groups is 4. The van der Waals surface area contributed by atoms with Gasteiger partial charge in [0.05, 0.1) is 53.1 Å². The van der Waals surface area contributed by atoms with Crippen LogP contribution in [0, 0.1) is 30.2 Å². The number of carbonyl (C=O) groups excluding carboxylic acids is 4. The third-order valence-electron chi connectivity index (χ3n) is 6.31. The normalized spacial score (nSPS) is 14.1. The quantitative estimate of drug-likeness (QED) is 0.0266. The van der Waals surface area contributed by atoms with Crippen molar-refractivity contribution in [3.05, 3.63) is 58.3 Å². The number of allylic oxidation sites excluding steroid dienone is 1. The van der Waals surface area contributed by atoms with Crippen LogP contribution >= 0.6 is 35.1 Å². The highest BCUT2D eigenvalue weighted by Crippen LogP contribution is 2.59. The van der Waals surface area contributed by atoms with Crippen LogP contribution < -0.4 is 9.47 Å². The number of nitriles is 1. The molecule has 0 aliphatic carbocycles. The fourth-order valence-corrected chi connectivity index (χ4v) is 6.43. The van der Waals surface area contributed by atoms with E-state index in [4.69, 9.17) is 46.6 Å². The van der Waals surface area contributed by atoms with Gasteiger partial charge in [-0.3, -0.25) is 9.59 Å². The lowest BCUT2D eigenvalue weighted by Crippen LogP contribution is -2.32. The van der Waals surface area contributed by atoms with Gasteiger partial charge in [0, 0.05) is 30.4 Å². The molecule has 49 heavy (non-hydrogen) atoms. The molecule has 1 unspecified atom stereocenters. The summed E-state index contributed by atoms with van der Waals surface area (Å²) in [5.74, 6) is -1.05. The number of aryl methyl sites for hydroxylation is 1. The largest absolute Gasteiger partial charge is 0.492 e. The van der Waals surface area contributed by atoms with Gasteiger partial charge < -0.3 is 28.4 Å². The van der Waals surface area contributed by atoms with Crippen molar-refractivity contribution in [1.82, 2.24) is 0 Å². The van der Waals surface area contributed by atoms with Crippen LogP contribution in [0.15, 0.2) is 51.1 Å². The monoisotopic (exact) mass is 734 g/mol. The van der Waals surface area contributed by atoms with E-state index in [-0.39, 0.29) is 58.2 Å². The molecule has 0 fully saturated rings. The van der Waals surface area contributed by atoms with Gasteiger partial charge in [-0.2, -0.15) is 0 Å². The number of rotatable bonds is 20. The van der Waals surface area contributed by atoms with Crippen LogP contribution in [0.25, 0.3) is 4.85 Å². The highest BCUT2D eigenvalue weighted by atomic mass is 35.5. The van der Waals surface area contributed by atoms with E-state index in [0.29, 0.717) is 38.4 Å². The lowest BCUT2D eigenvalue weighted by molar-refractivity contribution is -0.151. The fraction of sp³-hybridized carbons (Fsp3) is 0.471. The minimum absolute atomic E-state index is 0.0494. The molecule has 1 aromatic carbocycles. The number of hydrogen-bond acceptors (Lipinski definition) is 13. The standard InChI is InChI=1S/C34H39ClN2O10S2/c1-8-25(38)44-18-33(4,5)19-45-27(40)13-11-15-43-29-22(3)16-24(30-31(29)49-32(48-30)23(17-36)37-7)42-14-10-12-28(41)47-21-34(6,35)20-46-26(39)9-2/h8-9,16H,1-2,10-15,18-21H2,3-6H3/b32-23+. The Morgan fingerprint density at radius 3 is 1.98 bits per heavy atom. The zero-order valence-corrected chi connectivity index (χ0v) is 30.3. The molecule has 0 saturated heterocycles. The molecule has 1 aliphatic heterocycles. The van der Waals surface area contributed by atoms with E-state index in [1.165, 1.54) is 23.5 Å². The van der Waals surface area contributed by atoms with Gasteiger partial charge in [-0.25, -0.2) is 19.7 Å². The highest BCUT2D eigenvalue weighted by molar-refractivity contribution is 8.24. The van der Waals surface area contributed by atoms with E-state index in [0.717, 1.165) is 17.7 Å². The van der Waals surface area contributed by atoms with Gasteiger partial charge in [0.25, 0.3) is 5.70 Å². The molecule has 0 N–H and O–H groups in total. The lowest BCUT2D eigenvalue weighted by atomic mass is 9.96. The van der Waals surface area contributed by atoms with Gasteiger partial charge in [0.2, 0.25) is 0 Å². The number of alkyl halides is 1. The van der Waals surface area contributed by atoms with Crippen molar-refractivity contribution >= 4 is 59.0 Å². The van der Waals surface area contributed by atoms with Crippen LogP contribution in [-0.2, 0) is 38.1 Å². The van der Waals surface area contributed by atoms with Gasteiger partial charge in [0.15, 0.2) is 0 Å². The lowest BCUT2D eigenvalue weighted by Gasteiger charge is -2.23. The second kappa shape index (κ2) is 19.8. The molecule has 0 saturated carbocycles. The van der Waals surface area contributed by atoms with Crippen molar-refractivity contribution < 1.29 is 47.6 Å². The van der Waals surface area contributed by atoms with Crippen LogP contribution in [0.4, 0.5) is 0 Å². The van der Waals surface area contributed by atoms with Crippen LogP contribution in [0.5, 0.6) is 11.5 Å². The predicted molar refractivity (Wildman–Crippen MR) is 184 cm³/mol. The first-order valence-electron chi connectivity index (χ1n) is 15.0. The third-order valence-corrected chi connectivity index (χ3v) is 9.12. The Kier molecular flexibility index (Phi) is 16.6. The first kappa shape index (κ1) is 41.1. The van der Waals surface area contributed by atoms with Gasteiger partial charge in [-0.1, -0.05) is 50.5 Å². The predicted octanol–water partition coefficient (Wildman–Crippen LogP) is 6.69. The summed E-state index contributed by atoms with van der Waals surface area (Å²) in [6.45, 7) is 21.3. The third kappa shape index (κ3) is 14.1. The topological polar surface area (TPSA) is 152 Å². The average molecular weight is 735 g/mol. The SMILES string of the molecule is [C-]#[N+]/C(C#N)=C1\Sc2c(OCCCC(=O)OCC(C)(Cl)COC(=O)C=C)cc(C)c(OCCCC(=O)OCC(C)(C)COC(=O)C=C)c2S1. The molecular weight excluding hydrogens is 696 g/mol. The number of thioether (sulfide) groups is 2. The molecule has 0 radical (unpaired) electrons. The molecule has 1 aromatic rings. The molecule has 0 amide bonds. The molecule has 1 heterocycles. The van der Waals surface area contributed by atoms with Crippen molar-refractivity contribution in [3.63, 3.8) is 0 Å². The second-order valence-electron chi connectivity index (χ2n) is 11.7. The van der Waals surface area contributed by atoms with Crippen LogP contribution in [-0.4, -0.2) is 68.4 Å². The van der Waals surface area contributed by atoms with Gasteiger partial charge >= 0.3 is 23.9 Å². The summed E-state index contributed by atoms with van der Waals surface area (Å²) >= 11 is 8.72. The number of benzene rings is 1. The van der Waals surface area contributed by atoms with E-state index >= 15 is 0 Å². The van der Waals surface area contributed by atoms with Crippen molar-refractivity contribution in [3.8, 4) is 17.6 Å². The number of hydrogen-bond donors (Lipinski definition) is 0. The Hall–Kier alpha value is -4.11. The summed E-state index contributed by atoms with van der Waals surface area (Å²) in [7, 11) is 0. The number of nitrogens with zero attached hydrogens (tertiary/aromatic N) is 2. The molecule has 1 aliphatic rings. The molecule has 1 atom stereocenters. The zero-order valence-electron chi connectivity index (χ0n) is 27.9.